The maximum Gasteiger partial charge on any atom is 0.126 e. The Balaban J connectivity index is 2.21. The topological polar surface area (TPSA) is 24.9 Å². The summed E-state index contributed by atoms with van der Waals surface area (Å²) in [5.74, 6) is -0.150. The van der Waals surface area contributed by atoms with Gasteiger partial charge in [0.25, 0.3) is 0 Å². The minimum absolute atomic E-state index is 0.150. The number of nitrogens with one attached hydrogen (secondary N) is 1. The molecule has 2 nitrogen and oxygen atoms in total. The Morgan fingerprint density at radius 1 is 1.21 bits per heavy atom. The molecule has 0 aliphatic rings. The molecule has 2 aromatic rings. The molecule has 3 heteroatoms. The fourth-order valence-corrected chi connectivity index (χ4v) is 2.19. The Hall–Kier alpha value is -1.74. The van der Waals surface area contributed by atoms with Gasteiger partial charge in [-0.2, -0.15) is 0 Å². The van der Waals surface area contributed by atoms with E-state index in [2.05, 4.69) is 17.2 Å². The molecule has 100 valence electrons. The SMILES string of the molecule is CCNC(Cc1ccncc1)c1ccc(F)c(C)c1. The molecule has 1 aromatic heterocycles. The van der Waals surface area contributed by atoms with E-state index in [9.17, 15) is 4.39 Å². The van der Waals surface area contributed by atoms with E-state index in [4.69, 9.17) is 0 Å². The number of hydrogen-bond acceptors (Lipinski definition) is 2. The Morgan fingerprint density at radius 2 is 1.95 bits per heavy atom. The predicted molar refractivity (Wildman–Crippen MR) is 75.5 cm³/mol. The highest BCUT2D eigenvalue weighted by atomic mass is 19.1. The maximum atomic E-state index is 13.3. The summed E-state index contributed by atoms with van der Waals surface area (Å²) in [6.45, 7) is 4.76. The zero-order valence-electron chi connectivity index (χ0n) is 11.4. The van der Waals surface area contributed by atoms with Crippen molar-refractivity contribution < 1.29 is 4.39 Å². The van der Waals surface area contributed by atoms with Crippen LogP contribution in [0.4, 0.5) is 4.39 Å². The zero-order valence-corrected chi connectivity index (χ0v) is 11.4. The fourth-order valence-electron chi connectivity index (χ4n) is 2.19. The van der Waals surface area contributed by atoms with Crippen LogP contribution in [0.2, 0.25) is 0 Å². The van der Waals surface area contributed by atoms with Crippen LogP contribution >= 0.6 is 0 Å². The lowest BCUT2D eigenvalue weighted by atomic mass is 9.98. The smallest absolute Gasteiger partial charge is 0.126 e. The summed E-state index contributed by atoms with van der Waals surface area (Å²) in [4.78, 5) is 4.03. The summed E-state index contributed by atoms with van der Waals surface area (Å²) in [5, 5.41) is 3.45. The highest BCUT2D eigenvalue weighted by Gasteiger charge is 2.12. The van der Waals surface area contributed by atoms with Crippen molar-refractivity contribution in [3.63, 3.8) is 0 Å². The molecule has 0 spiro atoms. The standard InChI is InChI=1S/C16H19FN2/c1-3-19-16(11-13-6-8-18-9-7-13)14-4-5-15(17)12(2)10-14/h4-10,16,19H,3,11H2,1-2H3. The van der Waals surface area contributed by atoms with Crippen LogP contribution in [0.25, 0.3) is 0 Å². The number of halogens is 1. The molecule has 2 rings (SSSR count). The number of aryl methyl sites for hydroxylation is 1. The van der Waals surface area contributed by atoms with Gasteiger partial charge in [-0.05, 0) is 54.8 Å². The van der Waals surface area contributed by atoms with Gasteiger partial charge >= 0.3 is 0 Å². The molecule has 0 bridgehead atoms. The number of likely N-dealkylation sites (N-methyl/N-ethyl adjacent to an activating group) is 1. The van der Waals surface area contributed by atoms with Crippen LogP contribution in [-0.2, 0) is 6.42 Å². The van der Waals surface area contributed by atoms with E-state index in [-0.39, 0.29) is 11.9 Å². The van der Waals surface area contributed by atoms with Crippen LogP contribution in [0.3, 0.4) is 0 Å². The summed E-state index contributed by atoms with van der Waals surface area (Å²) < 4.78 is 13.3. The molecule has 0 radical (unpaired) electrons. The quantitative estimate of drug-likeness (QED) is 0.888. The van der Waals surface area contributed by atoms with E-state index >= 15 is 0 Å². The lowest BCUT2D eigenvalue weighted by Crippen LogP contribution is -2.23. The van der Waals surface area contributed by atoms with Crippen molar-refractivity contribution in [3.8, 4) is 0 Å². The minimum Gasteiger partial charge on any atom is -0.310 e. The van der Waals surface area contributed by atoms with Gasteiger partial charge in [0.05, 0.1) is 0 Å². The molecule has 0 saturated heterocycles. The fraction of sp³-hybridized carbons (Fsp3) is 0.312. The maximum absolute atomic E-state index is 13.3. The van der Waals surface area contributed by atoms with Gasteiger partial charge in [0.2, 0.25) is 0 Å². The molecule has 1 N–H and O–H groups in total. The Labute approximate surface area is 113 Å². The van der Waals surface area contributed by atoms with Crippen LogP contribution in [-0.4, -0.2) is 11.5 Å². The second-order valence-corrected chi connectivity index (χ2v) is 4.68. The third kappa shape index (κ3) is 3.61. The van der Waals surface area contributed by atoms with Gasteiger partial charge in [-0.3, -0.25) is 4.98 Å². The van der Waals surface area contributed by atoms with Crippen molar-refractivity contribution >= 4 is 0 Å². The predicted octanol–water partition coefficient (Wildman–Crippen LogP) is 3.42. The van der Waals surface area contributed by atoms with E-state index in [1.165, 1.54) is 5.56 Å². The summed E-state index contributed by atoms with van der Waals surface area (Å²) in [6, 6.07) is 9.55. The first-order valence-corrected chi connectivity index (χ1v) is 6.59. The first kappa shape index (κ1) is 13.7. The molecule has 1 aromatic carbocycles. The van der Waals surface area contributed by atoms with Crippen molar-refractivity contribution in [2.75, 3.05) is 6.54 Å². The lowest BCUT2D eigenvalue weighted by Gasteiger charge is -2.19. The molecule has 19 heavy (non-hydrogen) atoms. The Bertz CT molecular complexity index is 526. The van der Waals surface area contributed by atoms with Crippen molar-refractivity contribution in [1.29, 1.82) is 0 Å². The molecular weight excluding hydrogens is 239 g/mol. The Kier molecular flexibility index (Phi) is 4.63. The molecule has 1 unspecified atom stereocenters. The zero-order chi connectivity index (χ0) is 13.7. The summed E-state index contributed by atoms with van der Waals surface area (Å²) >= 11 is 0. The monoisotopic (exact) mass is 258 g/mol. The average molecular weight is 258 g/mol. The summed E-state index contributed by atoms with van der Waals surface area (Å²) in [6.07, 6.45) is 4.48. The van der Waals surface area contributed by atoms with Gasteiger partial charge in [0.15, 0.2) is 0 Å². The van der Waals surface area contributed by atoms with Gasteiger partial charge in [0, 0.05) is 18.4 Å². The van der Waals surface area contributed by atoms with Crippen molar-refractivity contribution in [2.24, 2.45) is 0 Å². The van der Waals surface area contributed by atoms with Gasteiger partial charge in [0.1, 0.15) is 5.82 Å². The van der Waals surface area contributed by atoms with E-state index in [0.29, 0.717) is 5.56 Å². The molecule has 0 aliphatic heterocycles. The molecular formula is C16H19FN2. The van der Waals surface area contributed by atoms with Crippen molar-refractivity contribution in [3.05, 3.63) is 65.2 Å². The number of benzene rings is 1. The minimum atomic E-state index is -0.150. The largest absolute Gasteiger partial charge is 0.310 e. The van der Waals surface area contributed by atoms with Crippen molar-refractivity contribution in [2.45, 2.75) is 26.3 Å². The molecule has 0 fully saturated rings. The van der Waals surface area contributed by atoms with Crippen LogP contribution < -0.4 is 5.32 Å². The molecule has 1 atom stereocenters. The molecule has 0 amide bonds. The van der Waals surface area contributed by atoms with Crippen molar-refractivity contribution in [1.82, 2.24) is 10.3 Å². The highest BCUT2D eigenvalue weighted by Crippen LogP contribution is 2.20. The lowest BCUT2D eigenvalue weighted by molar-refractivity contribution is 0.546. The normalized spacial score (nSPS) is 12.4. The Morgan fingerprint density at radius 3 is 2.58 bits per heavy atom. The van der Waals surface area contributed by atoms with Gasteiger partial charge in [-0.25, -0.2) is 4.39 Å². The molecule has 1 heterocycles. The number of rotatable bonds is 5. The van der Waals surface area contributed by atoms with E-state index in [1.807, 2.05) is 24.3 Å². The number of pyridine rings is 1. The van der Waals surface area contributed by atoms with Crippen LogP contribution in [0.1, 0.15) is 29.7 Å². The van der Waals surface area contributed by atoms with Crippen LogP contribution in [0.5, 0.6) is 0 Å². The second-order valence-electron chi connectivity index (χ2n) is 4.68. The second kappa shape index (κ2) is 6.43. The van der Waals surface area contributed by atoms with E-state index < -0.39 is 0 Å². The first-order chi connectivity index (χ1) is 9.20. The van der Waals surface area contributed by atoms with Gasteiger partial charge in [-0.15, -0.1) is 0 Å². The number of hydrogen-bond donors (Lipinski definition) is 1. The van der Waals surface area contributed by atoms with E-state index in [0.717, 1.165) is 18.5 Å². The number of nitrogens with zero attached hydrogens (tertiary/aromatic N) is 1. The summed E-state index contributed by atoms with van der Waals surface area (Å²) in [5.41, 5.74) is 3.04. The van der Waals surface area contributed by atoms with E-state index in [1.54, 1.807) is 25.4 Å². The first-order valence-electron chi connectivity index (χ1n) is 6.59. The average Bonchev–Trinajstić information content (AvgIpc) is 2.43. The van der Waals surface area contributed by atoms with Crippen LogP contribution in [0, 0.1) is 12.7 Å². The molecule has 0 saturated carbocycles. The third-order valence-corrected chi connectivity index (χ3v) is 3.22. The van der Waals surface area contributed by atoms with Gasteiger partial charge < -0.3 is 5.32 Å². The highest BCUT2D eigenvalue weighted by molar-refractivity contribution is 5.28. The van der Waals surface area contributed by atoms with Crippen LogP contribution in [0.15, 0.2) is 42.7 Å². The number of aromatic nitrogens is 1. The summed E-state index contributed by atoms with van der Waals surface area (Å²) in [7, 11) is 0. The van der Waals surface area contributed by atoms with Gasteiger partial charge in [-0.1, -0.05) is 19.1 Å². The third-order valence-electron chi connectivity index (χ3n) is 3.22. The molecule has 0 aliphatic carbocycles.